The van der Waals surface area contributed by atoms with Gasteiger partial charge in [-0.05, 0) is 6.92 Å². The lowest BCUT2D eigenvalue weighted by atomic mass is 10.3. The fourth-order valence-electron chi connectivity index (χ4n) is 2.26. The Balaban J connectivity index is 1.74. The fourth-order valence-corrected chi connectivity index (χ4v) is 2.26. The van der Waals surface area contributed by atoms with Crippen molar-refractivity contribution in [3.05, 3.63) is 17.7 Å². The van der Waals surface area contributed by atoms with E-state index in [0.717, 1.165) is 24.6 Å². The molecule has 0 aromatic carbocycles. The Morgan fingerprint density at radius 3 is 2.90 bits per heavy atom. The molecule has 1 unspecified atom stereocenters. The maximum absolute atomic E-state index is 11.9. The molecule has 1 aliphatic heterocycles. The number of aromatic nitrogens is 2. The highest BCUT2D eigenvalue weighted by Gasteiger charge is 2.28. The van der Waals surface area contributed by atoms with Crippen molar-refractivity contribution in [1.29, 1.82) is 0 Å². The smallest absolute Gasteiger partial charge is 0.389 e. The number of fused-ring (bicyclic) bond motifs is 1. The predicted octanol–water partition coefficient (Wildman–Crippen LogP) is 0.947. The normalized spacial score (nSPS) is 18.1. The molecule has 1 N–H and O–H groups in total. The highest BCUT2D eigenvalue weighted by Crippen LogP contribution is 2.15. The summed E-state index contributed by atoms with van der Waals surface area (Å²) in [5.74, 6) is 0.914. The zero-order valence-corrected chi connectivity index (χ0v) is 11.2. The number of nitrogens with zero attached hydrogens (tertiary/aromatic N) is 3. The molecule has 20 heavy (non-hydrogen) atoms. The Bertz CT molecular complexity index is 448. The van der Waals surface area contributed by atoms with Crippen LogP contribution in [0.1, 0.15) is 11.5 Å². The van der Waals surface area contributed by atoms with Crippen molar-refractivity contribution >= 4 is 0 Å². The first-order valence-electron chi connectivity index (χ1n) is 6.41. The minimum absolute atomic E-state index is 0.282. The Morgan fingerprint density at radius 2 is 2.20 bits per heavy atom. The largest absolute Gasteiger partial charge is 0.411 e. The average Bonchev–Trinajstić information content (AvgIpc) is 2.66. The van der Waals surface area contributed by atoms with E-state index in [4.69, 9.17) is 0 Å². The third kappa shape index (κ3) is 4.46. The van der Waals surface area contributed by atoms with Gasteiger partial charge >= 0.3 is 6.18 Å². The number of halogens is 3. The summed E-state index contributed by atoms with van der Waals surface area (Å²) in [6, 6.07) is 0. The number of imidazole rings is 1. The topological polar surface area (TPSA) is 50.5 Å². The van der Waals surface area contributed by atoms with E-state index >= 15 is 0 Å². The Hall–Kier alpha value is -1.12. The van der Waals surface area contributed by atoms with E-state index in [1.54, 1.807) is 0 Å². The molecule has 1 aromatic heterocycles. The lowest BCUT2D eigenvalue weighted by Gasteiger charge is -2.29. The Labute approximate surface area is 115 Å². The summed E-state index contributed by atoms with van der Waals surface area (Å²) in [6.45, 7) is 2.64. The van der Waals surface area contributed by atoms with Crippen LogP contribution < -0.4 is 0 Å². The summed E-state index contributed by atoms with van der Waals surface area (Å²) in [5.41, 5.74) is 0.941. The van der Waals surface area contributed by atoms with Crippen LogP contribution in [0.4, 0.5) is 13.2 Å². The van der Waals surface area contributed by atoms with E-state index in [0.29, 0.717) is 6.54 Å². The minimum Gasteiger partial charge on any atom is -0.389 e. The van der Waals surface area contributed by atoms with Gasteiger partial charge in [-0.25, -0.2) is 4.98 Å². The summed E-state index contributed by atoms with van der Waals surface area (Å²) in [6.07, 6.45) is -3.32. The van der Waals surface area contributed by atoms with Crippen molar-refractivity contribution in [3.8, 4) is 0 Å². The van der Waals surface area contributed by atoms with Gasteiger partial charge in [-0.1, -0.05) is 0 Å². The predicted molar refractivity (Wildman–Crippen MR) is 65.1 cm³/mol. The van der Waals surface area contributed by atoms with Crippen LogP contribution in [0.15, 0.2) is 6.20 Å². The number of aliphatic hydroxyl groups excluding tert-OH is 1. The number of β-amino-alcohol motifs (C(OH)–C–C–N with tert-alkyl or cyclic N) is 1. The zero-order valence-electron chi connectivity index (χ0n) is 11.2. The second-order valence-electron chi connectivity index (χ2n) is 5.01. The maximum Gasteiger partial charge on any atom is 0.411 e. The number of ether oxygens (including phenoxy) is 1. The number of aliphatic hydroxyl groups is 1. The van der Waals surface area contributed by atoms with Crippen molar-refractivity contribution in [2.75, 3.05) is 26.3 Å². The van der Waals surface area contributed by atoms with Gasteiger partial charge in [0.25, 0.3) is 0 Å². The first kappa shape index (κ1) is 15.3. The molecule has 0 radical (unpaired) electrons. The monoisotopic (exact) mass is 293 g/mol. The van der Waals surface area contributed by atoms with E-state index in [9.17, 15) is 18.3 Å². The molecular formula is C12H18F3N3O2. The van der Waals surface area contributed by atoms with E-state index in [2.05, 4.69) is 14.3 Å². The molecule has 0 fully saturated rings. The molecule has 1 atom stereocenters. The van der Waals surface area contributed by atoms with Crippen molar-refractivity contribution in [2.24, 2.45) is 0 Å². The summed E-state index contributed by atoms with van der Waals surface area (Å²) in [5, 5.41) is 9.69. The minimum atomic E-state index is -4.35. The van der Waals surface area contributed by atoms with Crippen LogP contribution >= 0.6 is 0 Å². The number of hydrogen-bond acceptors (Lipinski definition) is 4. The molecule has 0 saturated carbocycles. The first-order chi connectivity index (χ1) is 9.33. The van der Waals surface area contributed by atoms with Crippen LogP contribution in [0, 0.1) is 6.92 Å². The van der Waals surface area contributed by atoms with Crippen LogP contribution in [0.3, 0.4) is 0 Å². The van der Waals surface area contributed by atoms with Gasteiger partial charge in [0, 0.05) is 25.8 Å². The highest BCUT2D eigenvalue weighted by molar-refractivity contribution is 5.04. The lowest BCUT2D eigenvalue weighted by Crippen LogP contribution is -2.40. The molecule has 114 valence electrons. The summed E-state index contributed by atoms with van der Waals surface area (Å²) >= 11 is 0. The molecule has 2 heterocycles. The third-order valence-electron chi connectivity index (χ3n) is 3.05. The second kappa shape index (κ2) is 6.11. The Morgan fingerprint density at radius 1 is 1.45 bits per heavy atom. The molecule has 0 spiro atoms. The molecule has 5 nitrogen and oxygen atoms in total. The average molecular weight is 293 g/mol. The van der Waals surface area contributed by atoms with Gasteiger partial charge in [0.15, 0.2) is 0 Å². The fraction of sp³-hybridized carbons (Fsp3) is 0.750. The van der Waals surface area contributed by atoms with Crippen molar-refractivity contribution in [1.82, 2.24) is 14.5 Å². The van der Waals surface area contributed by atoms with Crippen LogP contribution in [-0.2, 0) is 17.8 Å². The van der Waals surface area contributed by atoms with Crippen LogP contribution in [0.2, 0.25) is 0 Å². The van der Waals surface area contributed by atoms with E-state index in [1.807, 2.05) is 18.0 Å². The summed E-state index contributed by atoms with van der Waals surface area (Å²) in [7, 11) is 0. The standard InChI is InChI=1S/C12H18F3N3O2/c1-9-4-18-3-2-17(6-11(18)16-9)5-10(19)7-20-8-12(13,14)15/h4,10,19H,2-3,5-8H2,1H3. The zero-order chi connectivity index (χ0) is 14.8. The Kier molecular flexibility index (Phi) is 4.66. The summed E-state index contributed by atoms with van der Waals surface area (Å²) in [4.78, 5) is 6.32. The summed E-state index contributed by atoms with van der Waals surface area (Å²) < 4.78 is 42.2. The molecule has 0 aliphatic carbocycles. The second-order valence-corrected chi connectivity index (χ2v) is 5.01. The molecule has 2 rings (SSSR count). The molecule has 1 aliphatic rings. The van der Waals surface area contributed by atoms with E-state index in [-0.39, 0.29) is 13.2 Å². The van der Waals surface area contributed by atoms with E-state index in [1.165, 1.54) is 0 Å². The van der Waals surface area contributed by atoms with Crippen LogP contribution in [-0.4, -0.2) is 58.1 Å². The molecular weight excluding hydrogens is 275 g/mol. The third-order valence-corrected chi connectivity index (χ3v) is 3.05. The number of hydrogen-bond donors (Lipinski definition) is 1. The lowest BCUT2D eigenvalue weighted by molar-refractivity contribution is -0.179. The van der Waals surface area contributed by atoms with Crippen molar-refractivity contribution in [3.63, 3.8) is 0 Å². The van der Waals surface area contributed by atoms with Gasteiger partial charge in [0.05, 0.1) is 24.9 Å². The van der Waals surface area contributed by atoms with Crippen LogP contribution in [0.5, 0.6) is 0 Å². The van der Waals surface area contributed by atoms with Gasteiger partial charge < -0.3 is 14.4 Å². The van der Waals surface area contributed by atoms with E-state index < -0.39 is 18.9 Å². The quantitative estimate of drug-likeness (QED) is 0.878. The maximum atomic E-state index is 11.9. The SMILES string of the molecule is Cc1cn2c(n1)CN(CC(O)COCC(F)(F)F)CC2. The van der Waals surface area contributed by atoms with Gasteiger partial charge in [-0.2, -0.15) is 13.2 Å². The van der Waals surface area contributed by atoms with Gasteiger partial charge in [-0.3, -0.25) is 4.90 Å². The molecule has 0 saturated heterocycles. The van der Waals surface area contributed by atoms with Gasteiger partial charge in [-0.15, -0.1) is 0 Å². The van der Waals surface area contributed by atoms with Crippen LogP contribution in [0.25, 0.3) is 0 Å². The van der Waals surface area contributed by atoms with Gasteiger partial charge in [0.2, 0.25) is 0 Å². The molecule has 1 aromatic rings. The number of rotatable bonds is 5. The molecule has 8 heteroatoms. The number of aryl methyl sites for hydroxylation is 1. The number of alkyl halides is 3. The molecule has 0 amide bonds. The van der Waals surface area contributed by atoms with Crippen molar-refractivity contribution in [2.45, 2.75) is 32.3 Å². The van der Waals surface area contributed by atoms with Crippen molar-refractivity contribution < 1.29 is 23.0 Å². The highest BCUT2D eigenvalue weighted by atomic mass is 19.4. The molecule has 0 bridgehead atoms. The van der Waals surface area contributed by atoms with Gasteiger partial charge in [0.1, 0.15) is 12.4 Å². The first-order valence-corrected chi connectivity index (χ1v) is 6.41.